The van der Waals surface area contributed by atoms with E-state index in [1.807, 2.05) is 41.5 Å². The highest BCUT2D eigenvalue weighted by Gasteiger charge is 2.27. The molecule has 1 atom stereocenters. The number of carbonyl (C=O) groups is 4. The minimum Gasteiger partial charge on any atom is -0.461 e. The Balaban J connectivity index is 0.000000637. The SMILES string of the molecule is CCCCCCOP(C)(=O)OCC(C)(C)COC(=O)c1ccc(C(=O)OCC(C)(C)COC)cc1.COCC(C)(C)COC(=O)c1ccc(C(=O)OOCC(C)(C)CO)cc1. The Morgan fingerprint density at radius 2 is 0.902 bits per heavy atom. The lowest BCUT2D eigenvalue weighted by Gasteiger charge is -2.25. The van der Waals surface area contributed by atoms with E-state index in [2.05, 4.69) is 6.92 Å². The summed E-state index contributed by atoms with van der Waals surface area (Å²) in [5.41, 5.74) is -0.424. The third-order valence-electron chi connectivity index (χ3n) is 8.59. The Bertz CT molecular complexity index is 1670. The predicted molar refractivity (Wildman–Crippen MR) is 231 cm³/mol. The van der Waals surface area contributed by atoms with Crippen molar-refractivity contribution in [3.8, 4) is 0 Å². The molecule has 15 nitrogen and oxygen atoms in total. The van der Waals surface area contributed by atoms with Crippen LogP contribution in [0.4, 0.5) is 0 Å². The van der Waals surface area contributed by atoms with E-state index in [-0.39, 0.29) is 56.0 Å². The summed E-state index contributed by atoms with van der Waals surface area (Å²) in [5, 5.41) is 9.11. The summed E-state index contributed by atoms with van der Waals surface area (Å²) >= 11 is 0. The molecule has 0 aliphatic rings. The molecule has 2 aromatic carbocycles. The molecule has 0 bridgehead atoms. The van der Waals surface area contributed by atoms with Crippen molar-refractivity contribution in [3.05, 3.63) is 70.8 Å². The zero-order valence-corrected chi connectivity index (χ0v) is 39.3. The quantitative estimate of drug-likeness (QED) is 0.0224. The third-order valence-corrected chi connectivity index (χ3v) is 9.84. The minimum absolute atomic E-state index is 0.0664. The summed E-state index contributed by atoms with van der Waals surface area (Å²) < 4.78 is 49.7. The van der Waals surface area contributed by atoms with Crippen molar-refractivity contribution in [3.63, 3.8) is 0 Å². The molecule has 1 N–H and O–H groups in total. The third kappa shape index (κ3) is 23.9. The Morgan fingerprint density at radius 3 is 1.26 bits per heavy atom. The van der Waals surface area contributed by atoms with Crippen LogP contribution >= 0.6 is 7.60 Å². The van der Waals surface area contributed by atoms with Crippen LogP contribution in [-0.2, 0) is 47.1 Å². The molecule has 0 saturated carbocycles. The van der Waals surface area contributed by atoms with Crippen molar-refractivity contribution in [2.24, 2.45) is 21.7 Å². The molecule has 61 heavy (non-hydrogen) atoms. The second-order valence-corrected chi connectivity index (χ2v) is 20.2. The van der Waals surface area contributed by atoms with E-state index in [1.54, 1.807) is 28.1 Å². The summed E-state index contributed by atoms with van der Waals surface area (Å²) in [6.45, 7) is 20.5. The largest absolute Gasteiger partial charge is 0.461 e. The lowest BCUT2D eigenvalue weighted by Crippen LogP contribution is -2.27. The molecule has 1 unspecified atom stereocenters. The first kappa shape index (κ1) is 55.3. The van der Waals surface area contributed by atoms with Gasteiger partial charge in [-0.05, 0) is 55.0 Å². The van der Waals surface area contributed by atoms with Gasteiger partial charge in [0.15, 0.2) is 0 Å². The Kier molecular flexibility index (Phi) is 24.2. The molecule has 0 aromatic heterocycles. The monoisotopic (exact) mass is 882 g/mol. The van der Waals surface area contributed by atoms with Crippen LogP contribution in [0.3, 0.4) is 0 Å². The van der Waals surface area contributed by atoms with Crippen LogP contribution in [0, 0.1) is 21.7 Å². The van der Waals surface area contributed by atoms with Gasteiger partial charge in [0.1, 0.15) is 6.61 Å². The van der Waals surface area contributed by atoms with Gasteiger partial charge < -0.3 is 37.8 Å². The molecule has 0 saturated heterocycles. The molecular formula is C45H71O15P. The van der Waals surface area contributed by atoms with Crippen molar-refractivity contribution in [1.29, 1.82) is 0 Å². The number of esters is 3. The molecule has 2 rings (SSSR count). The highest BCUT2D eigenvalue weighted by atomic mass is 31.2. The number of hydrogen-bond donors (Lipinski definition) is 1. The van der Waals surface area contributed by atoms with Crippen LogP contribution < -0.4 is 0 Å². The fraction of sp³-hybridized carbons (Fsp3) is 0.644. The van der Waals surface area contributed by atoms with Gasteiger partial charge in [-0.25, -0.2) is 19.2 Å². The number of unbranched alkanes of at least 4 members (excludes halogenated alkanes) is 3. The van der Waals surface area contributed by atoms with Crippen molar-refractivity contribution >= 4 is 31.5 Å². The van der Waals surface area contributed by atoms with E-state index in [0.717, 1.165) is 25.7 Å². The maximum atomic E-state index is 12.5. The van der Waals surface area contributed by atoms with Crippen molar-refractivity contribution in [1.82, 2.24) is 0 Å². The van der Waals surface area contributed by atoms with E-state index in [9.17, 15) is 23.7 Å². The van der Waals surface area contributed by atoms with Gasteiger partial charge in [-0.2, -0.15) is 4.89 Å². The van der Waals surface area contributed by atoms with Crippen molar-refractivity contribution in [2.75, 3.05) is 80.3 Å². The van der Waals surface area contributed by atoms with E-state index in [1.165, 1.54) is 55.2 Å². The van der Waals surface area contributed by atoms with Gasteiger partial charge >= 0.3 is 31.5 Å². The molecule has 16 heteroatoms. The first-order chi connectivity index (χ1) is 28.4. The molecule has 0 spiro atoms. The van der Waals surface area contributed by atoms with Crippen LogP contribution in [0.25, 0.3) is 0 Å². The van der Waals surface area contributed by atoms with E-state index in [0.29, 0.717) is 36.5 Å². The van der Waals surface area contributed by atoms with Gasteiger partial charge in [-0.15, -0.1) is 0 Å². The summed E-state index contributed by atoms with van der Waals surface area (Å²) in [6, 6.07) is 12.0. The molecule has 0 amide bonds. The predicted octanol–water partition coefficient (Wildman–Crippen LogP) is 8.76. The fourth-order valence-electron chi connectivity index (χ4n) is 4.85. The lowest BCUT2D eigenvalue weighted by molar-refractivity contribution is -0.259. The summed E-state index contributed by atoms with van der Waals surface area (Å²) in [4.78, 5) is 58.3. The first-order valence-corrected chi connectivity index (χ1v) is 22.4. The minimum atomic E-state index is -3.17. The fourth-order valence-corrected chi connectivity index (χ4v) is 5.97. The number of aliphatic hydroxyl groups is 1. The molecule has 2 aromatic rings. The van der Waals surface area contributed by atoms with E-state index >= 15 is 0 Å². The number of hydrogen-bond acceptors (Lipinski definition) is 15. The van der Waals surface area contributed by atoms with Crippen LogP contribution in [0.2, 0.25) is 0 Å². The molecule has 0 aliphatic heterocycles. The van der Waals surface area contributed by atoms with Gasteiger partial charge in [0.05, 0.1) is 75.1 Å². The summed E-state index contributed by atoms with van der Waals surface area (Å²) in [7, 11) is 0.0230. The second kappa shape index (κ2) is 26.7. The summed E-state index contributed by atoms with van der Waals surface area (Å²) in [5.74, 6) is -2.15. The number of ether oxygens (including phenoxy) is 5. The number of benzene rings is 2. The Hall–Kier alpha value is -3.69. The average molecular weight is 883 g/mol. The van der Waals surface area contributed by atoms with Crippen LogP contribution in [0.1, 0.15) is 129 Å². The standard InChI is InChI=1S/C26H43O8P.C19H28O7/c1-8-9-10-11-16-33-35(7,29)34-20-26(4,5)19-32-24(28)22-14-12-21(13-15-22)23(27)31-18-25(2,3)17-30-6;1-18(2,10-20)13-25-26-17(22)15-8-6-14(7-9-15)16(21)24-12-19(3,4)11-23-5/h12-15H,8-11,16-20H2,1-7H3;6-9,20H,10-13H2,1-5H3. The molecular weight excluding hydrogens is 811 g/mol. The highest BCUT2D eigenvalue weighted by molar-refractivity contribution is 7.52. The number of methoxy groups -OCH3 is 2. The number of aliphatic hydroxyl groups excluding tert-OH is 1. The highest BCUT2D eigenvalue weighted by Crippen LogP contribution is 2.45. The average Bonchev–Trinajstić information content (AvgIpc) is 3.20. The molecule has 0 heterocycles. The number of carbonyl (C=O) groups excluding carboxylic acids is 4. The Morgan fingerprint density at radius 1 is 0.525 bits per heavy atom. The summed E-state index contributed by atoms with van der Waals surface area (Å²) in [6.07, 6.45) is 4.12. The lowest BCUT2D eigenvalue weighted by atomic mass is 9.96. The van der Waals surface area contributed by atoms with Gasteiger partial charge in [0, 0.05) is 42.5 Å². The zero-order chi connectivity index (χ0) is 46.3. The molecule has 0 aliphatic carbocycles. The normalized spacial score (nSPS) is 13.0. The zero-order valence-electron chi connectivity index (χ0n) is 38.4. The van der Waals surface area contributed by atoms with Crippen LogP contribution in [0.5, 0.6) is 0 Å². The van der Waals surface area contributed by atoms with Crippen LogP contribution in [0.15, 0.2) is 48.5 Å². The topological polar surface area (TPSA) is 189 Å². The second-order valence-electron chi connectivity index (χ2n) is 18.1. The first-order valence-electron chi connectivity index (χ1n) is 20.4. The Labute approximate surface area is 362 Å². The van der Waals surface area contributed by atoms with E-state index < -0.39 is 42.3 Å². The van der Waals surface area contributed by atoms with Gasteiger partial charge in [0.25, 0.3) is 0 Å². The van der Waals surface area contributed by atoms with Gasteiger partial charge in [-0.3, -0.25) is 9.45 Å². The smallest absolute Gasteiger partial charge is 0.373 e. The maximum absolute atomic E-state index is 12.5. The molecule has 346 valence electrons. The van der Waals surface area contributed by atoms with Crippen molar-refractivity contribution < 1.29 is 71.4 Å². The van der Waals surface area contributed by atoms with Crippen LogP contribution in [-0.4, -0.2) is 109 Å². The van der Waals surface area contributed by atoms with Crippen molar-refractivity contribution in [2.45, 2.75) is 88.0 Å². The molecule has 0 radical (unpaired) electrons. The van der Waals surface area contributed by atoms with E-state index in [4.69, 9.17) is 47.6 Å². The van der Waals surface area contributed by atoms with Gasteiger partial charge in [0.2, 0.25) is 0 Å². The number of rotatable bonds is 27. The maximum Gasteiger partial charge on any atom is 0.373 e. The van der Waals surface area contributed by atoms with Gasteiger partial charge in [-0.1, -0.05) is 81.6 Å². The molecule has 0 fully saturated rings.